The Kier molecular flexibility index (Phi) is 5.57. The minimum Gasteiger partial charge on any atom is -0.321 e. The second-order valence-corrected chi connectivity index (χ2v) is 6.57. The van der Waals surface area contributed by atoms with Crippen LogP contribution in [0.5, 0.6) is 0 Å². The first-order valence-electron chi connectivity index (χ1n) is 7.38. The Bertz CT molecular complexity index is 419. The highest BCUT2D eigenvalue weighted by molar-refractivity contribution is 7.10. The van der Waals surface area contributed by atoms with E-state index in [0.29, 0.717) is 0 Å². The summed E-state index contributed by atoms with van der Waals surface area (Å²) < 4.78 is 0. The Morgan fingerprint density at radius 2 is 2.20 bits per heavy atom. The molecule has 1 N–H and O–H groups in total. The van der Waals surface area contributed by atoms with Gasteiger partial charge in [0.05, 0.1) is 6.04 Å². The smallest absolute Gasteiger partial charge is 0.241 e. The average molecular weight is 295 g/mol. The van der Waals surface area contributed by atoms with Crippen LogP contribution in [0.2, 0.25) is 0 Å². The molecule has 0 radical (unpaired) electrons. The van der Waals surface area contributed by atoms with Crippen molar-refractivity contribution in [1.82, 2.24) is 15.1 Å². The monoisotopic (exact) mass is 295 g/mol. The number of amides is 1. The van der Waals surface area contributed by atoms with E-state index in [2.05, 4.69) is 48.7 Å². The maximum absolute atomic E-state index is 12.4. The Morgan fingerprint density at radius 1 is 1.40 bits per heavy atom. The Balaban J connectivity index is 1.97. The molecular weight excluding hydrogens is 270 g/mol. The van der Waals surface area contributed by atoms with Gasteiger partial charge >= 0.3 is 0 Å². The summed E-state index contributed by atoms with van der Waals surface area (Å²) in [7, 11) is 4.17. The molecule has 1 saturated heterocycles. The predicted molar refractivity (Wildman–Crippen MR) is 83.8 cm³/mol. The maximum atomic E-state index is 12.4. The van der Waals surface area contributed by atoms with Crippen molar-refractivity contribution in [2.75, 3.05) is 27.2 Å². The standard InChI is InChI=1S/C15H25N3OS/c1-4-12-15(19)18(10-6-5-9-17(2)3)14(16-12)13-8-7-11-20-13/h7-8,11-12,14,16H,4-6,9-10H2,1-3H3. The fourth-order valence-corrected chi connectivity index (χ4v) is 3.40. The Hall–Kier alpha value is -0.910. The van der Waals surface area contributed by atoms with E-state index in [1.165, 1.54) is 4.88 Å². The molecule has 1 aliphatic heterocycles. The fraction of sp³-hybridized carbons (Fsp3) is 0.667. The largest absolute Gasteiger partial charge is 0.321 e. The van der Waals surface area contributed by atoms with Crippen LogP contribution in [0.15, 0.2) is 17.5 Å². The zero-order valence-corrected chi connectivity index (χ0v) is 13.4. The van der Waals surface area contributed by atoms with Crippen molar-refractivity contribution in [1.29, 1.82) is 0 Å². The van der Waals surface area contributed by atoms with Crippen molar-refractivity contribution in [2.24, 2.45) is 0 Å². The molecule has 2 unspecified atom stereocenters. The number of carbonyl (C=O) groups excluding carboxylic acids is 1. The summed E-state index contributed by atoms with van der Waals surface area (Å²) in [5.41, 5.74) is 0. The summed E-state index contributed by atoms with van der Waals surface area (Å²) in [6.45, 7) is 3.99. The van der Waals surface area contributed by atoms with Crippen molar-refractivity contribution in [2.45, 2.75) is 38.4 Å². The highest BCUT2D eigenvalue weighted by Gasteiger charge is 2.38. The zero-order chi connectivity index (χ0) is 14.5. The van der Waals surface area contributed by atoms with E-state index in [4.69, 9.17) is 0 Å². The lowest BCUT2D eigenvalue weighted by atomic mass is 10.2. The van der Waals surface area contributed by atoms with E-state index < -0.39 is 0 Å². The first-order chi connectivity index (χ1) is 9.63. The quantitative estimate of drug-likeness (QED) is 0.784. The van der Waals surface area contributed by atoms with Gasteiger partial charge in [-0.05, 0) is 51.3 Å². The topological polar surface area (TPSA) is 35.6 Å². The van der Waals surface area contributed by atoms with Crippen LogP contribution < -0.4 is 5.32 Å². The van der Waals surface area contributed by atoms with Gasteiger partial charge in [0, 0.05) is 11.4 Å². The van der Waals surface area contributed by atoms with Gasteiger partial charge < -0.3 is 9.80 Å². The molecule has 2 heterocycles. The molecule has 1 amide bonds. The molecule has 1 aromatic rings. The number of thiophene rings is 1. The predicted octanol–water partition coefficient (Wildman–Crippen LogP) is 2.30. The van der Waals surface area contributed by atoms with Gasteiger partial charge in [-0.3, -0.25) is 10.1 Å². The van der Waals surface area contributed by atoms with Crippen LogP contribution in [0.4, 0.5) is 0 Å². The number of carbonyl (C=O) groups is 1. The summed E-state index contributed by atoms with van der Waals surface area (Å²) in [6.07, 6.45) is 3.12. The minimum absolute atomic E-state index is 0.0176. The van der Waals surface area contributed by atoms with Gasteiger partial charge in [-0.2, -0.15) is 0 Å². The summed E-state index contributed by atoms with van der Waals surface area (Å²) in [5, 5.41) is 5.54. The third kappa shape index (κ3) is 3.59. The van der Waals surface area contributed by atoms with Gasteiger partial charge in [0.2, 0.25) is 5.91 Å². The molecule has 20 heavy (non-hydrogen) atoms. The molecule has 1 aromatic heterocycles. The number of hydrogen-bond donors (Lipinski definition) is 1. The molecule has 0 bridgehead atoms. The van der Waals surface area contributed by atoms with E-state index in [9.17, 15) is 4.79 Å². The summed E-state index contributed by atoms with van der Waals surface area (Å²) >= 11 is 1.72. The SMILES string of the molecule is CCC1NC(c2cccs2)N(CCCCN(C)C)C1=O. The van der Waals surface area contributed by atoms with Gasteiger partial charge in [-0.1, -0.05) is 13.0 Å². The lowest BCUT2D eigenvalue weighted by molar-refractivity contribution is -0.130. The molecule has 0 spiro atoms. The van der Waals surface area contributed by atoms with Gasteiger partial charge in [0.1, 0.15) is 6.17 Å². The molecule has 5 heteroatoms. The number of rotatable bonds is 7. The highest BCUT2D eigenvalue weighted by Crippen LogP contribution is 2.29. The second kappa shape index (κ2) is 7.20. The minimum atomic E-state index is -0.0176. The number of nitrogens with zero attached hydrogens (tertiary/aromatic N) is 2. The van der Waals surface area contributed by atoms with Gasteiger partial charge in [0.25, 0.3) is 0 Å². The second-order valence-electron chi connectivity index (χ2n) is 5.59. The zero-order valence-electron chi connectivity index (χ0n) is 12.6. The molecule has 0 aliphatic carbocycles. The molecule has 4 nitrogen and oxygen atoms in total. The highest BCUT2D eigenvalue weighted by atomic mass is 32.1. The third-order valence-corrected chi connectivity index (χ3v) is 4.65. The van der Waals surface area contributed by atoms with Crippen molar-refractivity contribution in [3.8, 4) is 0 Å². The first-order valence-corrected chi connectivity index (χ1v) is 8.26. The van der Waals surface area contributed by atoms with Crippen molar-refractivity contribution >= 4 is 17.2 Å². The van der Waals surface area contributed by atoms with Crippen LogP contribution in [0.25, 0.3) is 0 Å². The van der Waals surface area contributed by atoms with Crippen LogP contribution in [0.3, 0.4) is 0 Å². The van der Waals surface area contributed by atoms with E-state index >= 15 is 0 Å². The van der Waals surface area contributed by atoms with Crippen LogP contribution in [-0.4, -0.2) is 48.9 Å². The number of nitrogens with one attached hydrogen (secondary N) is 1. The first kappa shape index (κ1) is 15.5. The van der Waals surface area contributed by atoms with Gasteiger partial charge in [-0.15, -0.1) is 11.3 Å². The maximum Gasteiger partial charge on any atom is 0.241 e. The molecule has 1 aliphatic rings. The van der Waals surface area contributed by atoms with Crippen LogP contribution >= 0.6 is 11.3 Å². The molecule has 1 fully saturated rings. The van der Waals surface area contributed by atoms with Crippen LogP contribution in [0.1, 0.15) is 37.2 Å². The lowest BCUT2D eigenvalue weighted by Gasteiger charge is -2.23. The van der Waals surface area contributed by atoms with Gasteiger partial charge in [0.15, 0.2) is 0 Å². The van der Waals surface area contributed by atoms with Crippen molar-refractivity contribution in [3.05, 3.63) is 22.4 Å². The van der Waals surface area contributed by atoms with Crippen molar-refractivity contribution < 1.29 is 4.79 Å². The van der Waals surface area contributed by atoms with E-state index in [0.717, 1.165) is 32.4 Å². The van der Waals surface area contributed by atoms with E-state index in [-0.39, 0.29) is 18.1 Å². The Morgan fingerprint density at radius 3 is 2.80 bits per heavy atom. The number of hydrogen-bond acceptors (Lipinski definition) is 4. The Labute approximate surface area is 125 Å². The third-order valence-electron chi connectivity index (χ3n) is 3.73. The van der Waals surface area contributed by atoms with E-state index in [1.807, 2.05) is 4.90 Å². The van der Waals surface area contributed by atoms with Crippen molar-refractivity contribution in [3.63, 3.8) is 0 Å². The fourth-order valence-electron chi connectivity index (χ4n) is 2.60. The molecule has 2 atom stereocenters. The summed E-state index contributed by atoms with van der Waals surface area (Å²) in [4.78, 5) is 17.9. The average Bonchev–Trinajstić information content (AvgIpc) is 3.03. The molecule has 0 saturated carbocycles. The molecular formula is C15H25N3OS. The molecule has 0 aromatic carbocycles. The normalized spacial score (nSPS) is 23.0. The summed E-state index contributed by atoms with van der Waals surface area (Å²) in [5.74, 6) is 0.260. The van der Waals surface area contributed by atoms with Crippen LogP contribution in [-0.2, 0) is 4.79 Å². The lowest BCUT2D eigenvalue weighted by Crippen LogP contribution is -2.32. The number of unbranched alkanes of at least 4 members (excludes halogenated alkanes) is 1. The van der Waals surface area contributed by atoms with E-state index in [1.54, 1.807) is 11.3 Å². The van der Waals surface area contributed by atoms with Crippen LogP contribution in [0, 0.1) is 0 Å². The molecule has 112 valence electrons. The molecule has 2 rings (SSSR count). The summed E-state index contributed by atoms with van der Waals surface area (Å²) in [6, 6.07) is 4.15. The van der Waals surface area contributed by atoms with Gasteiger partial charge in [-0.25, -0.2) is 0 Å².